The van der Waals surface area contributed by atoms with Crippen molar-refractivity contribution >= 4 is 38.5 Å². The second-order valence-electron chi connectivity index (χ2n) is 7.95. The molecular formula is C20H24N2O3S2. The van der Waals surface area contributed by atoms with Gasteiger partial charge in [0.15, 0.2) is 5.78 Å². The largest absolute Gasteiger partial charge is 0.357 e. The first-order valence-corrected chi connectivity index (χ1v) is 11.6. The lowest BCUT2D eigenvalue weighted by atomic mass is 9.74. The third-order valence-corrected chi connectivity index (χ3v) is 7.07. The number of para-hydroxylation sites is 2. The number of carbonyl (C=O) groups is 1. The van der Waals surface area contributed by atoms with E-state index < -0.39 is 16.1 Å². The first-order valence-electron chi connectivity index (χ1n) is 8.82. The fourth-order valence-electron chi connectivity index (χ4n) is 4.03. The summed E-state index contributed by atoms with van der Waals surface area (Å²) < 4.78 is 27.2. The normalized spacial score (nSPS) is 22.0. The van der Waals surface area contributed by atoms with Gasteiger partial charge in [0.25, 0.3) is 0 Å². The molecule has 27 heavy (non-hydrogen) atoms. The number of carbonyl (C=O) groups excluding carboxylic acids is 1. The van der Waals surface area contributed by atoms with Gasteiger partial charge in [0.05, 0.1) is 17.6 Å². The lowest BCUT2D eigenvalue weighted by Crippen LogP contribution is -2.38. The molecule has 0 saturated carbocycles. The van der Waals surface area contributed by atoms with Crippen molar-refractivity contribution in [1.82, 2.24) is 0 Å². The maximum absolute atomic E-state index is 13.2. The first-order chi connectivity index (χ1) is 12.7. The number of nitrogens with one attached hydrogen (secondary N) is 1. The van der Waals surface area contributed by atoms with Crippen LogP contribution in [0.25, 0.3) is 0 Å². The number of rotatable bonds is 2. The molecule has 1 aliphatic heterocycles. The van der Waals surface area contributed by atoms with E-state index in [9.17, 15) is 13.2 Å². The Labute approximate surface area is 165 Å². The standard InChI is InChI=1S/C20H22N2O3S2.H2/c1-20(2)11-14-18(16(23)12-20)19(17-9-6-10-26-17)22(27(3,24)25)15-8-5-4-7-13(15)21-14;/h4-10,19,21H,11-12H2,1-3H3;1H. The molecule has 0 fully saturated rings. The molecule has 2 heterocycles. The molecule has 2 aromatic rings. The van der Waals surface area contributed by atoms with Crippen molar-refractivity contribution in [2.24, 2.45) is 5.41 Å². The molecule has 0 radical (unpaired) electrons. The molecular weight excluding hydrogens is 380 g/mol. The van der Waals surface area contributed by atoms with Gasteiger partial charge >= 0.3 is 0 Å². The number of nitrogens with zero attached hydrogens (tertiary/aromatic N) is 1. The molecule has 1 unspecified atom stereocenters. The van der Waals surface area contributed by atoms with Crippen LogP contribution in [-0.2, 0) is 14.8 Å². The van der Waals surface area contributed by atoms with Crippen LogP contribution in [0, 0.1) is 5.41 Å². The Morgan fingerprint density at radius 1 is 1.19 bits per heavy atom. The maximum Gasteiger partial charge on any atom is 0.233 e. The van der Waals surface area contributed by atoms with Crippen LogP contribution < -0.4 is 9.62 Å². The number of hydrogen-bond acceptors (Lipinski definition) is 5. The predicted molar refractivity (Wildman–Crippen MR) is 112 cm³/mol. The number of sulfonamides is 1. The fourth-order valence-corrected chi connectivity index (χ4v) is 6.04. The number of anilines is 2. The van der Waals surface area contributed by atoms with Crippen LogP contribution in [0.1, 0.15) is 39.0 Å². The summed E-state index contributed by atoms with van der Waals surface area (Å²) in [6.07, 6.45) is 2.30. The summed E-state index contributed by atoms with van der Waals surface area (Å²) in [7, 11) is -3.63. The minimum Gasteiger partial charge on any atom is -0.357 e. The highest BCUT2D eigenvalue weighted by atomic mass is 32.2. The highest BCUT2D eigenvalue weighted by Gasteiger charge is 2.44. The first kappa shape index (κ1) is 18.3. The minimum atomic E-state index is -3.63. The van der Waals surface area contributed by atoms with Crippen molar-refractivity contribution in [2.75, 3.05) is 15.9 Å². The van der Waals surface area contributed by atoms with Crippen LogP contribution in [0.4, 0.5) is 11.4 Å². The van der Waals surface area contributed by atoms with Gasteiger partial charge in [0.1, 0.15) is 6.04 Å². The lowest BCUT2D eigenvalue weighted by molar-refractivity contribution is -0.118. The van der Waals surface area contributed by atoms with Gasteiger partial charge in [-0.05, 0) is 35.4 Å². The van der Waals surface area contributed by atoms with E-state index in [1.54, 1.807) is 6.07 Å². The monoisotopic (exact) mass is 404 g/mol. The summed E-state index contributed by atoms with van der Waals surface area (Å²) >= 11 is 1.47. The summed E-state index contributed by atoms with van der Waals surface area (Å²) in [6, 6.07) is 10.5. The number of Topliss-reactive ketones (excluding diaryl/α,β-unsaturated/α-hetero) is 1. The Morgan fingerprint density at radius 3 is 2.59 bits per heavy atom. The molecule has 5 nitrogen and oxygen atoms in total. The van der Waals surface area contributed by atoms with Crippen LogP contribution in [-0.4, -0.2) is 20.5 Å². The average molecular weight is 405 g/mol. The third kappa shape index (κ3) is 3.19. The third-order valence-electron chi connectivity index (χ3n) is 5.02. The Bertz CT molecular complexity index is 1040. The molecule has 1 aromatic heterocycles. The van der Waals surface area contributed by atoms with Gasteiger partial charge in [-0.15, -0.1) is 11.3 Å². The van der Waals surface area contributed by atoms with Gasteiger partial charge < -0.3 is 5.32 Å². The highest BCUT2D eigenvalue weighted by Crippen LogP contribution is 2.49. The van der Waals surface area contributed by atoms with Crippen molar-refractivity contribution in [3.63, 3.8) is 0 Å². The summed E-state index contributed by atoms with van der Waals surface area (Å²) in [5.41, 5.74) is 2.50. The van der Waals surface area contributed by atoms with Crippen molar-refractivity contribution in [2.45, 2.75) is 32.7 Å². The van der Waals surface area contributed by atoms with E-state index in [1.807, 2.05) is 35.7 Å². The van der Waals surface area contributed by atoms with Gasteiger partial charge in [-0.3, -0.25) is 9.10 Å². The van der Waals surface area contributed by atoms with Gasteiger partial charge in [0, 0.05) is 24.0 Å². The van der Waals surface area contributed by atoms with E-state index in [0.717, 1.165) is 10.6 Å². The van der Waals surface area contributed by atoms with E-state index in [1.165, 1.54) is 21.9 Å². The smallest absolute Gasteiger partial charge is 0.233 e. The molecule has 7 heteroatoms. The zero-order chi connectivity index (χ0) is 19.4. The van der Waals surface area contributed by atoms with Gasteiger partial charge in [-0.1, -0.05) is 32.0 Å². The molecule has 0 saturated heterocycles. The predicted octanol–water partition coefficient (Wildman–Crippen LogP) is 4.57. The van der Waals surface area contributed by atoms with E-state index in [2.05, 4.69) is 19.2 Å². The van der Waals surface area contributed by atoms with Gasteiger partial charge in [0.2, 0.25) is 10.0 Å². The Kier molecular flexibility index (Phi) is 4.20. The number of fused-ring (bicyclic) bond motifs is 1. The van der Waals surface area contributed by atoms with Crippen molar-refractivity contribution in [3.8, 4) is 0 Å². The summed E-state index contributed by atoms with van der Waals surface area (Å²) in [4.78, 5) is 14.1. The molecule has 144 valence electrons. The van der Waals surface area contributed by atoms with Crippen LogP contribution in [0.15, 0.2) is 53.0 Å². The second-order valence-corrected chi connectivity index (χ2v) is 10.8. The molecule has 0 bridgehead atoms. The van der Waals surface area contributed by atoms with Gasteiger partial charge in [-0.2, -0.15) is 0 Å². The van der Waals surface area contributed by atoms with Crippen LogP contribution in [0.5, 0.6) is 0 Å². The minimum absolute atomic E-state index is 0. The topological polar surface area (TPSA) is 66.5 Å². The molecule has 1 atom stereocenters. The van der Waals surface area contributed by atoms with Gasteiger partial charge in [-0.25, -0.2) is 8.42 Å². The number of benzene rings is 1. The lowest BCUT2D eigenvalue weighted by Gasteiger charge is -2.36. The van der Waals surface area contributed by atoms with Crippen LogP contribution >= 0.6 is 11.3 Å². The van der Waals surface area contributed by atoms with E-state index in [0.29, 0.717) is 29.8 Å². The zero-order valence-electron chi connectivity index (χ0n) is 15.5. The van der Waals surface area contributed by atoms with Crippen molar-refractivity contribution < 1.29 is 14.6 Å². The van der Waals surface area contributed by atoms with E-state index >= 15 is 0 Å². The summed E-state index contributed by atoms with van der Waals surface area (Å²) in [5.74, 6) is 0.00797. The number of thiophene rings is 1. The molecule has 2 aliphatic rings. The van der Waals surface area contributed by atoms with Crippen molar-refractivity contribution in [3.05, 3.63) is 57.9 Å². The van der Waals surface area contributed by atoms with Crippen LogP contribution in [0.3, 0.4) is 0 Å². The molecule has 1 aliphatic carbocycles. The number of allylic oxidation sites excluding steroid dienone is 1. The molecule has 0 spiro atoms. The number of hydrogen-bond donors (Lipinski definition) is 1. The summed E-state index contributed by atoms with van der Waals surface area (Å²) in [6.45, 7) is 4.14. The SMILES string of the molecule is CC1(C)CC(=O)C2=C(C1)Nc1ccccc1N(S(C)(=O)=O)C2c1cccs1.[HH]. The molecule has 4 rings (SSSR count). The fraction of sp³-hybridized carbons (Fsp3) is 0.350. The highest BCUT2D eigenvalue weighted by molar-refractivity contribution is 7.92. The maximum atomic E-state index is 13.2. The van der Waals surface area contributed by atoms with E-state index in [4.69, 9.17) is 0 Å². The Morgan fingerprint density at radius 2 is 1.93 bits per heavy atom. The zero-order valence-corrected chi connectivity index (χ0v) is 17.2. The van der Waals surface area contributed by atoms with Crippen molar-refractivity contribution in [1.29, 1.82) is 0 Å². The van der Waals surface area contributed by atoms with E-state index in [-0.39, 0.29) is 12.6 Å². The quantitative estimate of drug-likeness (QED) is 0.796. The average Bonchev–Trinajstić information content (AvgIpc) is 3.01. The molecule has 1 N–H and O–H groups in total. The summed E-state index contributed by atoms with van der Waals surface area (Å²) in [5, 5.41) is 5.31. The molecule has 0 amide bonds. The number of ketones is 1. The Hall–Kier alpha value is -2.12. The molecule has 1 aromatic carbocycles. The van der Waals surface area contributed by atoms with Crippen LogP contribution in [0.2, 0.25) is 0 Å². The second kappa shape index (κ2) is 6.21. The Balaban J connectivity index is 0.00000225.